The molecule has 0 saturated carbocycles. The third-order valence-corrected chi connectivity index (χ3v) is 2.74. The van der Waals surface area contributed by atoms with Crippen LogP contribution in [0, 0.1) is 5.82 Å². The van der Waals surface area contributed by atoms with E-state index in [1.54, 1.807) is 25.4 Å². The summed E-state index contributed by atoms with van der Waals surface area (Å²) in [6.45, 7) is 1.57. The predicted octanol–water partition coefficient (Wildman–Crippen LogP) is 2.00. The summed E-state index contributed by atoms with van der Waals surface area (Å²) in [4.78, 5) is 4.13. The summed E-state index contributed by atoms with van der Waals surface area (Å²) in [6.07, 6.45) is 1.57. The Labute approximate surface area is 116 Å². The van der Waals surface area contributed by atoms with E-state index in [0.717, 1.165) is 0 Å². The molecule has 2 N–H and O–H groups in total. The van der Waals surface area contributed by atoms with Crippen LogP contribution in [0.25, 0.3) is 10.9 Å². The quantitative estimate of drug-likeness (QED) is 0.620. The number of hydrogen-bond donors (Lipinski definition) is 1. The molecule has 0 aliphatic carbocycles. The van der Waals surface area contributed by atoms with E-state index in [4.69, 9.17) is 19.9 Å². The number of rotatable bonds is 7. The van der Waals surface area contributed by atoms with Crippen LogP contribution >= 0.6 is 0 Å². The summed E-state index contributed by atoms with van der Waals surface area (Å²) >= 11 is 0. The van der Waals surface area contributed by atoms with E-state index >= 15 is 0 Å². The van der Waals surface area contributed by atoms with Gasteiger partial charge in [0.25, 0.3) is 0 Å². The Hall–Kier alpha value is -1.92. The number of nitrogens with zero attached hydrogens (tertiary/aromatic N) is 1. The molecule has 0 spiro atoms. The van der Waals surface area contributed by atoms with Crippen molar-refractivity contribution in [3.63, 3.8) is 0 Å². The zero-order chi connectivity index (χ0) is 14.4. The van der Waals surface area contributed by atoms with Crippen LogP contribution in [0.5, 0.6) is 5.75 Å². The van der Waals surface area contributed by atoms with E-state index in [1.807, 2.05) is 0 Å². The molecule has 0 saturated heterocycles. The van der Waals surface area contributed by atoms with Crippen molar-refractivity contribution >= 4 is 16.6 Å². The summed E-state index contributed by atoms with van der Waals surface area (Å²) in [5, 5.41) is 0.671. The minimum Gasteiger partial charge on any atom is -0.486 e. The highest BCUT2D eigenvalue weighted by atomic mass is 19.1. The van der Waals surface area contributed by atoms with Gasteiger partial charge in [0.05, 0.1) is 19.8 Å². The summed E-state index contributed by atoms with van der Waals surface area (Å²) in [6, 6.07) is 4.76. The Morgan fingerprint density at radius 1 is 1.25 bits per heavy atom. The number of methoxy groups -OCH3 is 1. The van der Waals surface area contributed by atoms with E-state index in [1.165, 1.54) is 6.07 Å². The lowest BCUT2D eigenvalue weighted by molar-refractivity contribution is 0.0540. The first-order valence-corrected chi connectivity index (χ1v) is 6.26. The second kappa shape index (κ2) is 7.02. The molecule has 1 heterocycles. The van der Waals surface area contributed by atoms with Crippen molar-refractivity contribution < 1.29 is 18.6 Å². The normalized spacial score (nSPS) is 10.9. The number of ether oxygens (including phenoxy) is 3. The molecule has 0 amide bonds. The Morgan fingerprint density at radius 3 is 2.85 bits per heavy atom. The number of fused-ring (bicyclic) bond motifs is 1. The maximum absolute atomic E-state index is 13.9. The minimum atomic E-state index is -0.523. The van der Waals surface area contributed by atoms with Crippen LogP contribution in [0.1, 0.15) is 0 Å². The molecule has 0 aliphatic heterocycles. The van der Waals surface area contributed by atoms with Gasteiger partial charge in [0.1, 0.15) is 12.1 Å². The van der Waals surface area contributed by atoms with Gasteiger partial charge in [-0.1, -0.05) is 0 Å². The molecule has 0 atom stereocenters. The van der Waals surface area contributed by atoms with Crippen LogP contribution < -0.4 is 10.5 Å². The molecule has 1 aromatic carbocycles. The van der Waals surface area contributed by atoms with Gasteiger partial charge in [0.2, 0.25) is 0 Å². The second-order valence-corrected chi connectivity index (χ2v) is 4.13. The number of pyridine rings is 1. The van der Waals surface area contributed by atoms with Crippen molar-refractivity contribution in [2.45, 2.75) is 0 Å². The molecule has 5 nitrogen and oxygen atoms in total. The van der Waals surface area contributed by atoms with Crippen LogP contribution in [-0.2, 0) is 9.47 Å². The standard InChI is InChI=1S/C14H17FN2O3/c1-18-5-6-19-7-8-20-14-11(15)9-12(16)10-3-2-4-17-13(10)14/h2-4,9H,5-8,16H2,1H3. The van der Waals surface area contributed by atoms with Crippen molar-refractivity contribution in [3.8, 4) is 5.75 Å². The topological polar surface area (TPSA) is 66.6 Å². The van der Waals surface area contributed by atoms with Crippen molar-refractivity contribution in [2.75, 3.05) is 39.3 Å². The highest BCUT2D eigenvalue weighted by Crippen LogP contribution is 2.31. The first-order chi connectivity index (χ1) is 9.74. The molecule has 108 valence electrons. The van der Waals surface area contributed by atoms with Gasteiger partial charge < -0.3 is 19.9 Å². The van der Waals surface area contributed by atoms with Gasteiger partial charge >= 0.3 is 0 Å². The number of aromatic nitrogens is 1. The predicted molar refractivity (Wildman–Crippen MR) is 74.3 cm³/mol. The molecule has 0 bridgehead atoms. The SMILES string of the molecule is COCCOCCOc1c(F)cc(N)c2cccnc12. The van der Waals surface area contributed by atoms with Crippen LogP contribution in [0.4, 0.5) is 10.1 Å². The zero-order valence-corrected chi connectivity index (χ0v) is 11.3. The summed E-state index contributed by atoms with van der Waals surface area (Å²) in [5.74, 6) is -0.421. The van der Waals surface area contributed by atoms with E-state index in [-0.39, 0.29) is 12.4 Å². The summed E-state index contributed by atoms with van der Waals surface area (Å²) < 4.78 is 29.4. The van der Waals surface area contributed by atoms with Crippen molar-refractivity contribution in [1.29, 1.82) is 0 Å². The third-order valence-electron chi connectivity index (χ3n) is 2.74. The number of hydrogen-bond acceptors (Lipinski definition) is 5. The molecule has 0 aliphatic rings. The fourth-order valence-corrected chi connectivity index (χ4v) is 1.80. The minimum absolute atomic E-state index is 0.102. The highest BCUT2D eigenvalue weighted by Gasteiger charge is 2.13. The zero-order valence-electron chi connectivity index (χ0n) is 11.3. The highest BCUT2D eigenvalue weighted by molar-refractivity contribution is 5.94. The van der Waals surface area contributed by atoms with Crippen molar-refractivity contribution in [1.82, 2.24) is 4.98 Å². The molecule has 2 rings (SSSR count). The Morgan fingerprint density at radius 2 is 2.05 bits per heavy atom. The smallest absolute Gasteiger partial charge is 0.181 e. The molecular weight excluding hydrogens is 263 g/mol. The molecule has 0 fully saturated rings. The number of anilines is 1. The first-order valence-electron chi connectivity index (χ1n) is 6.26. The van der Waals surface area contributed by atoms with Gasteiger partial charge in [0, 0.05) is 30.4 Å². The Balaban J connectivity index is 2.06. The molecular formula is C14H17FN2O3. The van der Waals surface area contributed by atoms with Crippen LogP contribution in [0.15, 0.2) is 24.4 Å². The number of halogens is 1. The maximum atomic E-state index is 13.9. The number of nitrogen functional groups attached to an aromatic ring is 1. The van der Waals surface area contributed by atoms with Crippen molar-refractivity contribution in [3.05, 3.63) is 30.2 Å². The van der Waals surface area contributed by atoms with Crippen LogP contribution in [0.3, 0.4) is 0 Å². The molecule has 1 aromatic heterocycles. The Bertz CT molecular complexity index is 578. The molecule has 2 aromatic rings. The lowest BCUT2D eigenvalue weighted by Gasteiger charge is -2.11. The van der Waals surface area contributed by atoms with Crippen molar-refractivity contribution in [2.24, 2.45) is 0 Å². The van der Waals surface area contributed by atoms with Gasteiger partial charge in [-0.25, -0.2) is 4.39 Å². The van der Waals surface area contributed by atoms with E-state index < -0.39 is 5.82 Å². The van der Waals surface area contributed by atoms with Gasteiger partial charge in [0.15, 0.2) is 11.6 Å². The lowest BCUT2D eigenvalue weighted by Crippen LogP contribution is -2.11. The second-order valence-electron chi connectivity index (χ2n) is 4.13. The monoisotopic (exact) mass is 280 g/mol. The third kappa shape index (κ3) is 3.34. The fraction of sp³-hybridized carbons (Fsp3) is 0.357. The number of benzene rings is 1. The van der Waals surface area contributed by atoms with Gasteiger partial charge in [-0.05, 0) is 12.1 Å². The molecule has 0 unspecified atom stereocenters. The molecule has 6 heteroatoms. The average Bonchev–Trinajstić information content (AvgIpc) is 2.45. The summed E-state index contributed by atoms with van der Waals surface area (Å²) in [7, 11) is 1.60. The van der Waals surface area contributed by atoms with Crippen LogP contribution in [-0.4, -0.2) is 38.5 Å². The fourth-order valence-electron chi connectivity index (χ4n) is 1.80. The Kier molecular flexibility index (Phi) is 5.09. The summed E-state index contributed by atoms with van der Waals surface area (Å²) in [5.41, 5.74) is 6.52. The lowest BCUT2D eigenvalue weighted by atomic mass is 10.1. The first kappa shape index (κ1) is 14.5. The number of nitrogens with two attached hydrogens (primary N) is 1. The van der Waals surface area contributed by atoms with E-state index in [0.29, 0.717) is 36.4 Å². The molecule has 0 radical (unpaired) electrons. The van der Waals surface area contributed by atoms with Gasteiger partial charge in [-0.2, -0.15) is 0 Å². The molecule has 20 heavy (non-hydrogen) atoms. The van der Waals surface area contributed by atoms with Gasteiger partial charge in [-0.15, -0.1) is 0 Å². The van der Waals surface area contributed by atoms with E-state index in [9.17, 15) is 4.39 Å². The largest absolute Gasteiger partial charge is 0.486 e. The van der Waals surface area contributed by atoms with E-state index in [2.05, 4.69) is 4.98 Å². The average molecular weight is 280 g/mol. The van der Waals surface area contributed by atoms with Gasteiger partial charge in [-0.3, -0.25) is 4.98 Å². The maximum Gasteiger partial charge on any atom is 0.181 e. The van der Waals surface area contributed by atoms with Crippen LogP contribution in [0.2, 0.25) is 0 Å².